The predicted molar refractivity (Wildman–Crippen MR) is 56.8 cm³/mol. The van der Waals surface area contributed by atoms with Crippen molar-refractivity contribution in [3.63, 3.8) is 0 Å². The van der Waals surface area contributed by atoms with Crippen LogP contribution in [0.15, 0.2) is 27.2 Å². The largest absolute Gasteiger partial charge is 0.358 e. The molecule has 2 N–H and O–H groups in total. The molecule has 72 valence electrons. The van der Waals surface area contributed by atoms with E-state index in [2.05, 4.69) is 21.1 Å². The molecule has 4 heteroatoms. The minimum atomic E-state index is -0.254. The molecule has 2 aromatic rings. The molecule has 14 heavy (non-hydrogen) atoms. The number of benzene rings is 1. The maximum Gasteiger partial charge on any atom is 0.164 e. The van der Waals surface area contributed by atoms with Crippen molar-refractivity contribution in [2.24, 2.45) is 5.73 Å². The lowest BCUT2D eigenvalue weighted by molar-refractivity contribution is 0.362. The Bertz CT molecular complexity index is 502. The summed E-state index contributed by atoms with van der Waals surface area (Å²) in [5.74, 6) is 0.828. The van der Waals surface area contributed by atoms with E-state index in [-0.39, 0.29) is 5.54 Å². The van der Waals surface area contributed by atoms with Crippen LogP contribution < -0.4 is 5.73 Å². The molecule has 0 amide bonds. The number of hydrogen-bond acceptors (Lipinski definition) is 3. The summed E-state index contributed by atoms with van der Waals surface area (Å²) < 4.78 is 6.27. The second-order valence-electron chi connectivity index (χ2n) is 3.80. The maximum atomic E-state index is 6.08. The molecule has 3 nitrogen and oxygen atoms in total. The summed E-state index contributed by atoms with van der Waals surface area (Å²) in [6, 6.07) is 5.92. The second-order valence-corrected chi connectivity index (χ2v) is 4.66. The van der Waals surface area contributed by atoms with Crippen LogP contribution in [0.2, 0.25) is 0 Å². The zero-order valence-electron chi connectivity index (χ0n) is 7.46. The van der Waals surface area contributed by atoms with Gasteiger partial charge >= 0.3 is 0 Å². The lowest BCUT2D eigenvalue weighted by atomic mass is 10.1. The van der Waals surface area contributed by atoms with Crippen molar-refractivity contribution in [2.45, 2.75) is 18.4 Å². The topological polar surface area (TPSA) is 52.0 Å². The van der Waals surface area contributed by atoms with Gasteiger partial charge in [0.05, 0.1) is 5.54 Å². The first-order valence-corrected chi connectivity index (χ1v) is 5.33. The van der Waals surface area contributed by atoms with Crippen LogP contribution in [0.1, 0.15) is 18.6 Å². The van der Waals surface area contributed by atoms with Crippen molar-refractivity contribution in [1.82, 2.24) is 5.16 Å². The Balaban J connectivity index is 2.32. The van der Waals surface area contributed by atoms with Gasteiger partial charge in [-0.25, -0.2) is 0 Å². The highest BCUT2D eigenvalue weighted by molar-refractivity contribution is 9.10. The molecular formula is C10H9BrN2O. The first-order valence-electron chi connectivity index (χ1n) is 4.54. The first kappa shape index (κ1) is 8.44. The predicted octanol–water partition coefficient (Wildman–Crippen LogP) is 2.54. The van der Waals surface area contributed by atoms with Gasteiger partial charge < -0.3 is 10.3 Å². The van der Waals surface area contributed by atoms with Gasteiger partial charge in [0.1, 0.15) is 5.52 Å². The van der Waals surface area contributed by atoms with Gasteiger partial charge in [-0.1, -0.05) is 11.2 Å². The van der Waals surface area contributed by atoms with Crippen LogP contribution in [0.3, 0.4) is 0 Å². The zero-order chi connectivity index (χ0) is 9.76. The quantitative estimate of drug-likeness (QED) is 0.849. The molecule has 1 saturated carbocycles. The molecule has 1 aromatic heterocycles. The number of fused-ring (bicyclic) bond motifs is 1. The van der Waals surface area contributed by atoms with Gasteiger partial charge in [0.15, 0.2) is 5.76 Å². The Morgan fingerprint density at radius 3 is 2.93 bits per heavy atom. The Labute approximate surface area is 89.4 Å². The molecule has 0 saturated heterocycles. The molecule has 1 heterocycles. The fourth-order valence-electron chi connectivity index (χ4n) is 1.65. The van der Waals surface area contributed by atoms with Crippen LogP contribution in [-0.2, 0) is 5.54 Å². The van der Waals surface area contributed by atoms with E-state index in [4.69, 9.17) is 10.3 Å². The molecule has 0 aliphatic heterocycles. The molecule has 3 rings (SSSR count). The summed E-state index contributed by atoms with van der Waals surface area (Å²) in [7, 11) is 0. The highest BCUT2D eigenvalue weighted by atomic mass is 79.9. The molecule has 0 bridgehead atoms. The van der Waals surface area contributed by atoms with Crippen molar-refractivity contribution >= 4 is 26.8 Å². The molecule has 0 unspecified atom stereocenters. The normalized spacial score (nSPS) is 18.7. The molecule has 0 spiro atoms. The third-order valence-electron chi connectivity index (χ3n) is 2.70. The monoisotopic (exact) mass is 252 g/mol. The van der Waals surface area contributed by atoms with Gasteiger partial charge in [0.2, 0.25) is 0 Å². The summed E-state index contributed by atoms with van der Waals surface area (Å²) in [5, 5.41) is 5.05. The molecule has 1 aromatic carbocycles. The average molecular weight is 253 g/mol. The Morgan fingerprint density at radius 2 is 2.21 bits per heavy atom. The summed E-state index contributed by atoms with van der Waals surface area (Å²) >= 11 is 3.43. The van der Waals surface area contributed by atoms with E-state index in [0.29, 0.717) is 0 Å². The summed E-state index contributed by atoms with van der Waals surface area (Å²) in [6.07, 6.45) is 1.98. The standard InChI is InChI=1S/C10H9BrN2O/c11-7-3-1-2-6-8(7)13-14-9(6)10(12)4-5-10/h1-3H,4-5,12H2. The van der Waals surface area contributed by atoms with Crippen LogP contribution in [0.5, 0.6) is 0 Å². The highest BCUT2D eigenvalue weighted by Crippen LogP contribution is 2.45. The van der Waals surface area contributed by atoms with E-state index in [9.17, 15) is 0 Å². The average Bonchev–Trinajstić information content (AvgIpc) is 2.77. The van der Waals surface area contributed by atoms with Crippen LogP contribution in [0.4, 0.5) is 0 Å². The minimum absolute atomic E-state index is 0.254. The van der Waals surface area contributed by atoms with E-state index in [1.807, 2.05) is 18.2 Å². The third-order valence-corrected chi connectivity index (χ3v) is 3.34. The molecule has 1 aliphatic carbocycles. The summed E-state index contributed by atoms with van der Waals surface area (Å²) in [5.41, 5.74) is 6.69. The summed E-state index contributed by atoms with van der Waals surface area (Å²) in [6.45, 7) is 0. The van der Waals surface area contributed by atoms with Gasteiger partial charge in [-0.2, -0.15) is 0 Å². The van der Waals surface area contributed by atoms with Gasteiger partial charge in [0.25, 0.3) is 0 Å². The van der Waals surface area contributed by atoms with Gasteiger partial charge in [-0.3, -0.25) is 0 Å². The number of rotatable bonds is 1. The number of halogens is 1. The van der Waals surface area contributed by atoms with Crippen molar-refractivity contribution in [1.29, 1.82) is 0 Å². The zero-order valence-corrected chi connectivity index (χ0v) is 9.04. The molecule has 0 atom stereocenters. The number of aromatic nitrogens is 1. The number of hydrogen-bond donors (Lipinski definition) is 1. The Kier molecular flexibility index (Phi) is 1.56. The van der Waals surface area contributed by atoms with Crippen LogP contribution in [0.25, 0.3) is 10.9 Å². The molecule has 0 radical (unpaired) electrons. The molecule has 1 aliphatic rings. The first-order chi connectivity index (χ1) is 6.71. The fourth-order valence-corrected chi connectivity index (χ4v) is 2.09. The third kappa shape index (κ3) is 1.04. The van der Waals surface area contributed by atoms with Crippen molar-refractivity contribution in [3.05, 3.63) is 28.4 Å². The van der Waals surface area contributed by atoms with E-state index in [0.717, 1.165) is 34.0 Å². The smallest absolute Gasteiger partial charge is 0.164 e. The van der Waals surface area contributed by atoms with Gasteiger partial charge in [-0.15, -0.1) is 0 Å². The van der Waals surface area contributed by atoms with Gasteiger partial charge in [-0.05, 0) is 40.9 Å². The number of nitrogens with zero attached hydrogens (tertiary/aromatic N) is 1. The lowest BCUT2D eigenvalue weighted by Gasteiger charge is -2.02. The van der Waals surface area contributed by atoms with E-state index >= 15 is 0 Å². The van der Waals surface area contributed by atoms with Crippen molar-refractivity contribution < 1.29 is 4.52 Å². The molecule has 1 fully saturated rings. The van der Waals surface area contributed by atoms with Crippen LogP contribution in [-0.4, -0.2) is 5.16 Å². The number of nitrogens with two attached hydrogens (primary N) is 1. The van der Waals surface area contributed by atoms with Crippen molar-refractivity contribution in [3.8, 4) is 0 Å². The Hall–Kier alpha value is -0.870. The van der Waals surface area contributed by atoms with Gasteiger partial charge in [0, 0.05) is 9.86 Å². The van der Waals surface area contributed by atoms with Crippen LogP contribution >= 0.6 is 15.9 Å². The second kappa shape index (κ2) is 2.58. The maximum absolute atomic E-state index is 6.08. The lowest BCUT2D eigenvalue weighted by Crippen LogP contribution is -2.17. The summed E-state index contributed by atoms with van der Waals surface area (Å²) in [4.78, 5) is 0. The van der Waals surface area contributed by atoms with E-state index in [1.54, 1.807) is 0 Å². The molecular weight excluding hydrogens is 244 g/mol. The SMILES string of the molecule is NC1(c2onc3c(Br)cccc23)CC1. The van der Waals surface area contributed by atoms with Crippen molar-refractivity contribution in [2.75, 3.05) is 0 Å². The van der Waals surface area contributed by atoms with Crippen LogP contribution in [0, 0.1) is 0 Å². The van der Waals surface area contributed by atoms with E-state index < -0.39 is 0 Å². The highest BCUT2D eigenvalue weighted by Gasteiger charge is 2.45. The Morgan fingerprint density at radius 1 is 1.43 bits per heavy atom. The minimum Gasteiger partial charge on any atom is -0.358 e. The fraction of sp³-hybridized carbons (Fsp3) is 0.300. The van der Waals surface area contributed by atoms with E-state index in [1.165, 1.54) is 0 Å².